The van der Waals surface area contributed by atoms with Crippen molar-refractivity contribution in [3.05, 3.63) is 141 Å². The van der Waals surface area contributed by atoms with Gasteiger partial charge in [0.2, 0.25) is 0 Å². The average Bonchev–Trinajstić information content (AvgIpc) is 3.65. The van der Waals surface area contributed by atoms with E-state index in [1.807, 2.05) is 104 Å². The second kappa shape index (κ2) is 10.1. The second-order valence-electron chi connectivity index (χ2n) is 10.0. The van der Waals surface area contributed by atoms with Gasteiger partial charge in [0.1, 0.15) is 5.49 Å². The Labute approximate surface area is 251 Å². The number of rotatable bonds is 0. The van der Waals surface area contributed by atoms with Crippen molar-refractivity contribution in [2.24, 2.45) is 20.0 Å². The van der Waals surface area contributed by atoms with Gasteiger partial charge in [-0.2, -0.15) is 0 Å². The van der Waals surface area contributed by atoms with E-state index in [2.05, 4.69) is 9.98 Å². The molecule has 4 heterocycles. The van der Waals surface area contributed by atoms with Gasteiger partial charge in [-0.3, -0.25) is 4.99 Å². The maximum absolute atomic E-state index is 11.3. The summed E-state index contributed by atoms with van der Waals surface area (Å²) in [5.74, 6) is 1.56. The van der Waals surface area contributed by atoms with Crippen LogP contribution in [0.5, 0.6) is 0 Å². The first-order valence-electron chi connectivity index (χ1n) is 13.3. The summed E-state index contributed by atoms with van der Waals surface area (Å²) in [5, 5.41) is 19.8. The molecule has 0 spiro atoms. The van der Waals surface area contributed by atoms with E-state index in [-0.39, 0.29) is 22.9 Å². The molecular formula is C33H21CuN8-3. The fraction of sp³-hybridized carbons (Fsp3) is 0.0606. The quantitative estimate of drug-likeness (QED) is 0.209. The molecule has 0 aliphatic carbocycles. The van der Waals surface area contributed by atoms with E-state index < -0.39 is 6.17 Å². The van der Waals surface area contributed by atoms with Crippen LogP contribution in [0.15, 0.2) is 117 Å². The number of hydrogen-bond acceptors (Lipinski definition) is 3. The molecule has 6 bridgehead atoms. The van der Waals surface area contributed by atoms with Crippen molar-refractivity contribution >= 4 is 50.6 Å². The SMILES string of the molecule is C/C1=N\c2[n-]c(c3ccccc23)/N=C2\[N-]C(/N=c3\[nH]c(c4ccccc34)=NC(=[N-])c3ccccc31)c1ccccc12.[Cu]. The number of nitrogens with zero attached hydrogens (tertiary/aromatic N) is 7. The Morgan fingerprint density at radius 3 is 1.95 bits per heavy atom. The third-order valence-electron chi connectivity index (χ3n) is 7.53. The summed E-state index contributed by atoms with van der Waals surface area (Å²) in [5.41, 5.74) is 5.02. The Balaban J connectivity index is 0.00000288. The first-order valence-corrected chi connectivity index (χ1v) is 13.3. The predicted octanol–water partition coefficient (Wildman–Crippen LogP) is 6.15. The summed E-state index contributed by atoms with van der Waals surface area (Å²) in [4.78, 5) is 27.8. The summed E-state index contributed by atoms with van der Waals surface area (Å²) >= 11 is 0. The molecule has 2 aromatic heterocycles. The molecule has 0 saturated heterocycles. The Kier molecular flexibility index (Phi) is 6.19. The molecule has 0 amide bonds. The first-order chi connectivity index (χ1) is 20.1. The third kappa shape index (κ3) is 4.10. The minimum atomic E-state index is -0.505. The molecule has 1 atom stereocenters. The molecule has 1 unspecified atom stereocenters. The van der Waals surface area contributed by atoms with Crippen molar-refractivity contribution < 1.29 is 17.1 Å². The van der Waals surface area contributed by atoms with Crippen LogP contribution in [-0.4, -0.2) is 22.4 Å². The number of hydrogen-bond donors (Lipinski definition) is 1. The zero-order valence-corrected chi connectivity index (χ0v) is 23.2. The third-order valence-corrected chi connectivity index (χ3v) is 7.53. The summed E-state index contributed by atoms with van der Waals surface area (Å²) in [6.07, 6.45) is -0.505. The van der Waals surface area contributed by atoms with Crippen LogP contribution in [0.25, 0.3) is 32.3 Å². The Morgan fingerprint density at radius 2 is 1.21 bits per heavy atom. The molecule has 6 aromatic rings. The van der Waals surface area contributed by atoms with Crippen LogP contribution in [0.1, 0.15) is 35.3 Å². The van der Waals surface area contributed by atoms with E-state index in [9.17, 15) is 5.41 Å². The van der Waals surface area contributed by atoms with E-state index >= 15 is 0 Å². The number of aromatic amines is 1. The van der Waals surface area contributed by atoms with Crippen LogP contribution < -0.4 is 16.0 Å². The largest absolute Gasteiger partial charge is 0.464 e. The van der Waals surface area contributed by atoms with Crippen molar-refractivity contribution in [2.75, 3.05) is 0 Å². The maximum atomic E-state index is 11.3. The molecule has 0 saturated carbocycles. The van der Waals surface area contributed by atoms with Crippen LogP contribution in [0.3, 0.4) is 0 Å². The van der Waals surface area contributed by atoms with E-state index in [1.54, 1.807) is 0 Å². The second-order valence-corrected chi connectivity index (χ2v) is 10.0. The van der Waals surface area contributed by atoms with Crippen molar-refractivity contribution in [3.63, 3.8) is 0 Å². The maximum Gasteiger partial charge on any atom is 0.133 e. The van der Waals surface area contributed by atoms with Crippen LogP contribution in [0.2, 0.25) is 0 Å². The van der Waals surface area contributed by atoms with Gasteiger partial charge in [0.05, 0.1) is 6.17 Å². The minimum absolute atomic E-state index is 0. The number of amidine groups is 2. The summed E-state index contributed by atoms with van der Waals surface area (Å²) in [6, 6.07) is 31.3. The van der Waals surface area contributed by atoms with Crippen molar-refractivity contribution in [3.8, 4) is 0 Å². The number of benzene rings is 4. The average molecular weight is 593 g/mol. The molecule has 2 aliphatic heterocycles. The van der Waals surface area contributed by atoms with Crippen molar-refractivity contribution in [1.29, 1.82) is 0 Å². The predicted molar refractivity (Wildman–Crippen MR) is 162 cm³/mol. The molecule has 1 N–H and O–H groups in total. The van der Waals surface area contributed by atoms with Gasteiger partial charge in [-0.1, -0.05) is 109 Å². The van der Waals surface area contributed by atoms with Crippen LogP contribution in [-0.2, 0) is 17.1 Å². The summed E-state index contributed by atoms with van der Waals surface area (Å²) < 4.78 is 0. The monoisotopic (exact) mass is 592 g/mol. The molecule has 0 fully saturated rings. The van der Waals surface area contributed by atoms with Gasteiger partial charge < -0.3 is 35.7 Å². The minimum Gasteiger partial charge on any atom is -0.464 e. The van der Waals surface area contributed by atoms with Crippen LogP contribution in [0, 0.1) is 0 Å². The number of nitrogens with one attached hydrogen (secondary N) is 1. The zero-order valence-electron chi connectivity index (χ0n) is 22.2. The van der Waals surface area contributed by atoms with Crippen LogP contribution in [0.4, 0.5) is 11.6 Å². The van der Waals surface area contributed by atoms with Crippen molar-refractivity contribution in [1.82, 2.24) is 9.97 Å². The number of fused-ring (bicyclic) bond motifs is 16. The van der Waals surface area contributed by atoms with Gasteiger partial charge in [-0.15, -0.1) is 0 Å². The Morgan fingerprint density at radius 1 is 0.643 bits per heavy atom. The topological polar surface area (TPSA) is 116 Å². The van der Waals surface area contributed by atoms with Gasteiger partial charge in [0.25, 0.3) is 0 Å². The molecule has 4 aromatic carbocycles. The molecule has 8 nitrogen and oxygen atoms in total. The standard InChI is InChI=1S/C33H21N8.Cu/c1-18-19-10-2-3-11-20(19)27(34)36-29-22-13-5-7-15-24(22)31(38-29)40-33-26-17-9-8-16-25(26)32(41-33)39-30-23-14-6-4-12-21(23)28(35-18)37-30;/h2-17,33H,1H3,(H-2,34,36,38,39,40,41);/q-3;/b35-18+;. The van der Waals surface area contributed by atoms with Gasteiger partial charge in [0, 0.05) is 39.1 Å². The summed E-state index contributed by atoms with van der Waals surface area (Å²) in [6.45, 7) is 1.91. The molecule has 2 aliphatic rings. The van der Waals surface area contributed by atoms with Crippen molar-refractivity contribution in [2.45, 2.75) is 13.1 Å². The van der Waals surface area contributed by atoms with Gasteiger partial charge in [-0.25, -0.2) is 0 Å². The fourth-order valence-corrected chi connectivity index (χ4v) is 5.57. The van der Waals surface area contributed by atoms with Gasteiger partial charge in [-0.05, 0) is 51.5 Å². The molecular weight excluding hydrogens is 572 g/mol. The molecule has 207 valence electrons. The first kappa shape index (κ1) is 25.8. The molecule has 1 radical (unpaired) electrons. The molecule has 42 heavy (non-hydrogen) atoms. The molecule has 9 heteroatoms. The normalized spacial score (nSPS) is 19.0. The van der Waals surface area contributed by atoms with Gasteiger partial charge in [0.15, 0.2) is 0 Å². The number of H-pyrrole nitrogens is 1. The van der Waals surface area contributed by atoms with E-state index in [0.29, 0.717) is 39.7 Å². The summed E-state index contributed by atoms with van der Waals surface area (Å²) in [7, 11) is 0. The van der Waals surface area contributed by atoms with E-state index in [0.717, 1.165) is 38.2 Å². The number of aliphatic imine (C=N–C) groups is 2. The van der Waals surface area contributed by atoms with Gasteiger partial charge >= 0.3 is 0 Å². The Bertz CT molecular complexity index is 2240. The molecule has 8 rings (SSSR count). The zero-order chi connectivity index (χ0) is 27.5. The van der Waals surface area contributed by atoms with E-state index in [4.69, 9.17) is 25.3 Å². The smallest absolute Gasteiger partial charge is 0.133 e. The fourth-order valence-electron chi connectivity index (χ4n) is 5.57. The van der Waals surface area contributed by atoms with Crippen LogP contribution >= 0.6 is 0 Å². The van der Waals surface area contributed by atoms with E-state index in [1.165, 1.54) is 0 Å². The number of aromatic nitrogens is 2. The Hall–Kier alpha value is -5.11.